The number of carbonyl (C=O) groups is 1. The Morgan fingerprint density at radius 2 is 1.81 bits per heavy atom. The maximum absolute atomic E-state index is 12.9. The van der Waals surface area contributed by atoms with Crippen molar-refractivity contribution in [3.8, 4) is 0 Å². The summed E-state index contributed by atoms with van der Waals surface area (Å²) in [7, 11) is 0. The first kappa shape index (κ1) is 23.8. The molecule has 0 aromatic heterocycles. The van der Waals surface area contributed by atoms with Crippen LogP contribution >= 0.6 is 0 Å². The minimum absolute atomic E-state index is 0.0517. The fourth-order valence-corrected chi connectivity index (χ4v) is 3.36. The van der Waals surface area contributed by atoms with Gasteiger partial charge in [-0.25, -0.2) is 0 Å². The molecule has 0 fully saturated rings. The molecule has 0 radical (unpaired) electrons. The molecular weight excluding hydrogens is 423 g/mol. The van der Waals surface area contributed by atoms with E-state index in [2.05, 4.69) is 5.32 Å². The van der Waals surface area contributed by atoms with Gasteiger partial charge in [0.25, 0.3) is 5.91 Å². The summed E-state index contributed by atoms with van der Waals surface area (Å²) in [5, 5.41) is 11.7. The van der Waals surface area contributed by atoms with Gasteiger partial charge in [0.05, 0.1) is 12.2 Å². The van der Waals surface area contributed by atoms with E-state index < -0.39 is 23.9 Å². The molecule has 0 saturated carbocycles. The normalized spacial score (nSPS) is 18.6. The highest BCUT2D eigenvalue weighted by molar-refractivity contribution is 5.91. The second kappa shape index (κ2) is 11.2. The van der Waals surface area contributed by atoms with Gasteiger partial charge in [0, 0.05) is 25.5 Å². The number of hydrogen-bond acceptors (Lipinski definition) is 4. The molecule has 2 N–H and O–H groups in total. The topological polar surface area (TPSA) is 67.8 Å². The smallest absolute Gasteiger partial charge is 0.416 e. The molecule has 1 aliphatic heterocycles. The lowest BCUT2D eigenvalue weighted by Gasteiger charge is -2.29. The molecule has 32 heavy (non-hydrogen) atoms. The van der Waals surface area contributed by atoms with Crippen LogP contribution in [0.4, 0.5) is 13.2 Å². The van der Waals surface area contributed by atoms with Crippen LogP contribution in [-0.2, 0) is 27.0 Å². The van der Waals surface area contributed by atoms with Gasteiger partial charge < -0.3 is 19.9 Å². The number of allylic oxidation sites excluding steroid dienone is 1. The van der Waals surface area contributed by atoms with Crippen LogP contribution in [0.3, 0.4) is 0 Å². The SMILES string of the molecule is O=C(NCc1ccccc1)C1=C[C@@H](c2ccc(C(F)(F)F)cc2)C[C@@H](OCCCCO)O1. The van der Waals surface area contributed by atoms with Gasteiger partial charge in [0.15, 0.2) is 5.76 Å². The second-order valence-corrected chi connectivity index (χ2v) is 7.51. The minimum atomic E-state index is -4.41. The van der Waals surface area contributed by atoms with Crippen molar-refractivity contribution >= 4 is 5.91 Å². The van der Waals surface area contributed by atoms with Crippen LogP contribution in [0.2, 0.25) is 0 Å². The summed E-state index contributed by atoms with van der Waals surface area (Å²) in [4.78, 5) is 12.7. The van der Waals surface area contributed by atoms with E-state index in [0.29, 0.717) is 38.0 Å². The lowest BCUT2D eigenvalue weighted by molar-refractivity contribution is -0.146. The van der Waals surface area contributed by atoms with Crippen LogP contribution in [0, 0.1) is 0 Å². The Balaban J connectivity index is 1.73. The summed E-state index contributed by atoms with van der Waals surface area (Å²) in [6.07, 6.45) is -1.94. The first-order valence-corrected chi connectivity index (χ1v) is 10.5. The Morgan fingerprint density at radius 3 is 2.47 bits per heavy atom. The van der Waals surface area contributed by atoms with Gasteiger partial charge in [-0.1, -0.05) is 42.5 Å². The third-order valence-corrected chi connectivity index (χ3v) is 5.10. The first-order valence-electron chi connectivity index (χ1n) is 10.5. The number of aliphatic hydroxyl groups excluding tert-OH is 1. The fraction of sp³-hybridized carbons (Fsp3) is 0.375. The zero-order valence-electron chi connectivity index (χ0n) is 17.5. The third kappa shape index (κ3) is 6.83. The Labute approximate surface area is 184 Å². The van der Waals surface area contributed by atoms with Crippen LogP contribution in [0.5, 0.6) is 0 Å². The summed E-state index contributed by atoms with van der Waals surface area (Å²) in [5.74, 6) is -0.690. The van der Waals surface area contributed by atoms with Crippen molar-refractivity contribution in [2.24, 2.45) is 0 Å². The molecule has 0 saturated heterocycles. The number of halogens is 3. The van der Waals surface area contributed by atoms with Gasteiger partial charge in [-0.3, -0.25) is 4.79 Å². The van der Waals surface area contributed by atoms with E-state index in [9.17, 15) is 18.0 Å². The average Bonchev–Trinajstić information content (AvgIpc) is 2.80. The molecule has 8 heteroatoms. The summed E-state index contributed by atoms with van der Waals surface area (Å²) in [6.45, 7) is 0.702. The van der Waals surface area contributed by atoms with Crippen molar-refractivity contribution in [1.29, 1.82) is 0 Å². The van der Waals surface area contributed by atoms with Crippen molar-refractivity contribution in [1.82, 2.24) is 5.32 Å². The number of amides is 1. The third-order valence-electron chi connectivity index (χ3n) is 5.10. The lowest BCUT2D eigenvalue weighted by atomic mass is 9.92. The number of unbranched alkanes of at least 4 members (excludes halogenated alkanes) is 1. The van der Waals surface area contributed by atoms with Gasteiger partial charge in [0.1, 0.15) is 0 Å². The van der Waals surface area contributed by atoms with Crippen LogP contribution in [0.1, 0.15) is 41.9 Å². The molecule has 172 valence electrons. The molecule has 5 nitrogen and oxygen atoms in total. The Kier molecular flexibility index (Phi) is 8.30. The van der Waals surface area contributed by atoms with Crippen LogP contribution < -0.4 is 5.32 Å². The molecule has 1 heterocycles. The van der Waals surface area contributed by atoms with Crippen molar-refractivity contribution in [3.05, 3.63) is 83.1 Å². The van der Waals surface area contributed by atoms with E-state index in [0.717, 1.165) is 17.7 Å². The lowest BCUT2D eigenvalue weighted by Crippen LogP contribution is -2.32. The van der Waals surface area contributed by atoms with Gasteiger partial charge in [-0.2, -0.15) is 13.2 Å². The van der Waals surface area contributed by atoms with Crippen molar-refractivity contribution < 1.29 is 32.5 Å². The molecule has 2 atom stereocenters. The number of hydrogen-bond donors (Lipinski definition) is 2. The molecule has 0 unspecified atom stereocenters. The molecule has 0 spiro atoms. The van der Waals surface area contributed by atoms with Gasteiger partial charge in [-0.15, -0.1) is 0 Å². The molecule has 0 aliphatic carbocycles. The summed E-state index contributed by atoms with van der Waals surface area (Å²) < 4.78 is 50.1. The minimum Gasteiger partial charge on any atom is -0.459 e. The highest BCUT2D eigenvalue weighted by Gasteiger charge is 2.32. The van der Waals surface area contributed by atoms with Crippen LogP contribution in [-0.4, -0.2) is 30.5 Å². The van der Waals surface area contributed by atoms with Gasteiger partial charge >= 0.3 is 6.18 Å². The van der Waals surface area contributed by atoms with E-state index in [1.54, 1.807) is 6.08 Å². The van der Waals surface area contributed by atoms with Crippen molar-refractivity contribution in [2.75, 3.05) is 13.2 Å². The molecule has 1 aliphatic rings. The highest BCUT2D eigenvalue weighted by atomic mass is 19.4. The summed E-state index contributed by atoms with van der Waals surface area (Å²) in [5.41, 5.74) is 0.835. The van der Waals surface area contributed by atoms with Crippen molar-refractivity contribution in [3.63, 3.8) is 0 Å². The molecule has 2 aromatic carbocycles. The number of ether oxygens (including phenoxy) is 2. The number of carbonyl (C=O) groups excluding carboxylic acids is 1. The van der Waals surface area contributed by atoms with E-state index in [1.807, 2.05) is 30.3 Å². The Bertz CT molecular complexity index is 898. The standard InChI is InChI=1S/C24H26F3NO4/c25-24(26,27)20-10-8-18(9-11-20)19-14-21(32-22(15-19)31-13-5-4-12-29)23(30)28-16-17-6-2-1-3-7-17/h1-3,6-11,14,19,22,29H,4-5,12-13,15-16H2,(H,28,30)/t19-,22+/m1/s1. The Morgan fingerprint density at radius 1 is 1.09 bits per heavy atom. The van der Waals surface area contributed by atoms with E-state index in [1.165, 1.54) is 12.1 Å². The fourth-order valence-electron chi connectivity index (χ4n) is 3.36. The second-order valence-electron chi connectivity index (χ2n) is 7.51. The predicted octanol–water partition coefficient (Wildman–Crippen LogP) is 4.52. The largest absolute Gasteiger partial charge is 0.459 e. The highest BCUT2D eigenvalue weighted by Crippen LogP contribution is 2.34. The number of benzene rings is 2. The number of aliphatic hydroxyl groups is 1. The maximum atomic E-state index is 12.9. The first-order chi connectivity index (χ1) is 15.4. The van der Waals surface area contributed by atoms with E-state index in [4.69, 9.17) is 14.6 Å². The molecule has 0 bridgehead atoms. The number of alkyl halides is 3. The Hall–Kier alpha value is -2.84. The van der Waals surface area contributed by atoms with Crippen molar-refractivity contribution in [2.45, 2.75) is 44.2 Å². The molecule has 2 aromatic rings. The zero-order chi connectivity index (χ0) is 23.0. The van der Waals surface area contributed by atoms with Gasteiger partial charge in [0.2, 0.25) is 6.29 Å². The average molecular weight is 449 g/mol. The zero-order valence-corrected chi connectivity index (χ0v) is 17.5. The summed E-state index contributed by atoms with van der Waals surface area (Å²) in [6, 6.07) is 14.3. The van der Waals surface area contributed by atoms with Crippen LogP contribution in [0.25, 0.3) is 0 Å². The summed E-state index contributed by atoms with van der Waals surface area (Å²) >= 11 is 0. The van der Waals surface area contributed by atoms with Gasteiger partial charge in [-0.05, 0) is 42.2 Å². The predicted molar refractivity (Wildman–Crippen MR) is 112 cm³/mol. The molecule has 3 rings (SSSR count). The van der Waals surface area contributed by atoms with E-state index >= 15 is 0 Å². The quantitative estimate of drug-likeness (QED) is 0.553. The maximum Gasteiger partial charge on any atom is 0.416 e. The molecule has 1 amide bonds. The van der Waals surface area contributed by atoms with E-state index in [-0.39, 0.29) is 18.3 Å². The number of nitrogens with one attached hydrogen (secondary N) is 1. The molecular formula is C24H26F3NO4. The monoisotopic (exact) mass is 449 g/mol. The van der Waals surface area contributed by atoms with Crippen LogP contribution in [0.15, 0.2) is 66.4 Å². The number of rotatable bonds is 9.